The molecule has 1 aliphatic rings. The van der Waals surface area contributed by atoms with Gasteiger partial charge in [-0.05, 0) is 30.7 Å². The maximum Gasteiger partial charge on any atom is 0.319 e. The molecule has 0 aliphatic heterocycles. The summed E-state index contributed by atoms with van der Waals surface area (Å²) in [5.74, 6) is -1.33. The van der Waals surface area contributed by atoms with Gasteiger partial charge in [-0.2, -0.15) is 0 Å². The van der Waals surface area contributed by atoms with Crippen molar-refractivity contribution in [1.29, 1.82) is 0 Å². The minimum Gasteiger partial charge on any atom is -0.480 e. The van der Waals surface area contributed by atoms with E-state index in [0.29, 0.717) is 12.8 Å². The van der Waals surface area contributed by atoms with Crippen LogP contribution in [-0.4, -0.2) is 17.0 Å². The van der Waals surface area contributed by atoms with E-state index in [4.69, 9.17) is 0 Å². The van der Waals surface area contributed by atoms with Gasteiger partial charge in [0, 0.05) is 4.88 Å². The first-order valence-corrected chi connectivity index (χ1v) is 7.06. The number of carbonyl (C=O) groups excluding carboxylic acids is 1. The molecule has 1 saturated carbocycles. The lowest BCUT2D eigenvalue weighted by Gasteiger charge is -2.36. The molecule has 0 spiro atoms. The van der Waals surface area contributed by atoms with Crippen LogP contribution in [0.3, 0.4) is 0 Å². The number of carboxylic acids is 1. The van der Waals surface area contributed by atoms with E-state index >= 15 is 0 Å². The highest BCUT2D eigenvalue weighted by atomic mass is 32.1. The number of hydrogen-bond donors (Lipinski definition) is 2. The Morgan fingerprint density at radius 2 is 2.28 bits per heavy atom. The minimum atomic E-state index is -1.18. The lowest BCUT2D eigenvalue weighted by molar-refractivity contribution is -0.162. The molecule has 5 heteroatoms. The molecule has 0 radical (unpaired) electrons. The average Bonchev–Trinajstić information content (AvgIpc) is 2.76. The zero-order valence-electron chi connectivity index (χ0n) is 10.3. The van der Waals surface area contributed by atoms with Crippen LogP contribution < -0.4 is 5.32 Å². The summed E-state index contributed by atoms with van der Waals surface area (Å²) < 4.78 is 0. The van der Waals surface area contributed by atoms with E-state index in [1.807, 2.05) is 24.4 Å². The molecule has 4 nitrogen and oxygen atoms in total. The molecule has 0 bridgehead atoms. The Balaban J connectivity index is 2.08. The van der Waals surface area contributed by atoms with E-state index in [9.17, 15) is 14.7 Å². The summed E-state index contributed by atoms with van der Waals surface area (Å²) in [5, 5.41) is 14.1. The monoisotopic (exact) mass is 267 g/mol. The van der Waals surface area contributed by atoms with Gasteiger partial charge >= 0.3 is 5.97 Å². The van der Waals surface area contributed by atoms with Gasteiger partial charge in [0.25, 0.3) is 0 Å². The van der Waals surface area contributed by atoms with Crippen LogP contribution in [0.2, 0.25) is 0 Å². The topological polar surface area (TPSA) is 66.4 Å². The smallest absolute Gasteiger partial charge is 0.319 e. The summed E-state index contributed by atoms with van der Waals surface area (Å²) >= 11 is 1.58. The van der Waals surface area contributed by atoms with E-state index in [1.165, 1.54) is 0 Å². The van der Waals surface area contributed by atoms with E-state index in [-0.39, 0.29) is 11.9 Å². The van der Waals surface area contributed by atoms with Gasteiger partial charge in [-0.15, -0.1) is 11.3 Å². The number of nitrogens with one attached hydrogen (secondary N) is 1. The molecule has 1 aromatic heterocycles. The van der Waals surface area contributed by atoms with E-state index < -0.39 is 11.4 Å². The Morgan fingerprint density at radius 1 is 1.56 bits per heavy atom. The largest absolute Gasteiger partial charge is 0.480 e. The maximum atomic E-state index is 12.2. The van der Waals surface area contributed by atoms with Gasteiger partial charge in [0.05, 0.1) is 6.04 Å². The van der Waals surface area contributed by atoms with Gasteiger partial charge in [0.15, 0.2) is 0 Å². The summed E-state index contributed by atoms with van der Waals surface area (Å²) in [4.78, 5) is 24.5. The van der Waals surface area contributed by atoms with Crippen molar-refractivity contribution < 1.29 is 14.7 Å². The van der Waals surface area contributed by atoms with Crippen molar-refractivity contribution >= 4 is 23.2 Å². The molecule has 2 rings (SSSR count). The Hall–Kier alpha value is -1.36. The fourth-order valence-electron chi connectivity index (χ4n) is 2.23. The number of aliphatic carboxylic acids is 1. The lowest BCUT2D eigenvalue weighted by atomic mass is 9.68. The molecular weight excluding hydrogens is 250 g/mol. The van der Waals surface area contributed by atoms with Crippen molar-refractivity contribution in [2.75, 3.05) is 0 Å². The van der Waals surface area contributed by atoms with E-state index in [2.05, 4.69) is 5.32 Å². The quantitative estimate of drug-likeness (QED) is 0.806. The highest BCUT2D eigenvalue weighted by Crippen LogP contribution is 2.42. The molecule has 18 heavy (non-hydrogen) atoms. The summed E-state index contributed by atoms with van der Waals surface area (Å²) in [7, 11) is 0. The molecule has 2 N–H and O–H groups in total. The van der Waals surface area contributed by atoms with Gasteiger partial charge in [0.2, 0.25) is 5.91 Å². The molecule has 0 saturated heterocycles. The lowest BCUT2D eigenvalue weighted by Crippen LogP contribution is -2.51. The number of carbonyl (C=O) groups is 2. The zero-order valence-corrected chi connectivity index (χ0v) is 11.1. The average molecular weight is 267 g/mol. The first-order valence-electron chi connectivity index (χ1n) is 6.18. The van der Waals surface area contributed by atoms with E-state index in [0.717, 1.165) is 17.7 Å². The van der Waals surface area contributed by atoms with Crippen LogP contribution >= 0.6 is 11.3 Å². The first kappa shape index (κ1) is 13.1. The minimum absolute atomic E-state index is 0.0747. The van der Waals surface area contributed by atoms with Crippen LogP contribution in [0, 0.1) is 5.41 Å². The molecule has 0 aromatic carbocycles. The SMILES string of the molecule is CCC(NC(=O)C1(C(=O)O)CCC1)c1cccs1. The van der Waals surface area contributed by atoms with Gasteiger partial charge in [-0.3, -0.25) is 9.59 Å². The summed E-state index contributed by atoms with van der Waals surface area (Å²) in [5.41, 5.74) is -1.18. The van der Waals surface area contributed by atoms with Crippen molar-refractivity contribution in [3.63, 3.8) is 0 Å². The van der Waals surface area contributed by atoms with Crippen LogP contribution in [0.1, 0.15) is 43.5 Å². The third kappa shape index (κ3) is 2.14. The predicted molar refractivity (Wildman–Crippen MR) is 69.4 cm³/mol. The summed E-state index contributed by atoms with van der Waals surface area (Å²) in [6.07, 6.45) is 2.49. The highest BCUT2D eigenvalue weighted by molar-refractivity contribution is 7.10. The number of amides is 1. The fourth-order valence-corrected chi connectivity index (χ4v) is 3.09. The highest BCUT2D eigenvalue weighted by Gasteiger charge is 2.51. The van der Waals surface area contributed by atoms with Gasteiger partial charge < -0.3 is 10.4 Å². The standard InChI is InChI=1S/C13H17NO3S/c1-2-9(10-5-3-8-18-10)14-11(15)13(12(16)17)6-4-7-13/h3,5,8-9H,2,4,6-7H2,1H3,(H,14,15)(H,16,17). The molecule has 98 valence electrons. The molecule has 1 aliphatic carbocycles. The summed E-state index contributed by atoms with van der Waals surface area (Å²) in [6, 6.07) is 3.83. The van der Waals surface area contributed by atoms with Crippen molar-refractivity contribution in [1.82, 2.24) is 5.32 Å². The van der Waals surface area contributed by atoms with Crippen LogP contribution in [0.15, 0.2) is 17.5 Å². The second-order valence-electron chi connectivity index (χ2n) is 4.69. The first-order chi connectivity index (χ1) is 8.60. The van der Waals surface area contributed by atoms with Crippen molar-refractivity contribution in [2.45, 2.75) is 38.6 Å². The second-order valence-corrected chi connectivity index (χ2v) is 5.67. The Bertz CT molecular complexity index is 437. The molecular formula is C13H17NO3S. The number of hydrogen-bond acceptors (Lipinski definition) is 3. The van der Waals surface area contributed by atoms with Crippen LogP contribution in [0.4, 0.5) is 0 Å². The van der Waals surface area contributed by atoms with Crippen LogP contribution in [0.5, 0.6) is 0 Å². The van der Waals surface area contributed by atoms with Crippen LogP contribution in [0.25, 0.3) is 0 Å². The molecule has 1 amide bonds. The third-order valence-corrected chi connectivity index (χ3v) is 4.64. The number of carboxylic acid groups (broad SMARTS) is 1. The number of thiophene rings is 1. The second kappa shape index (κ2) is 5.10. The molecule has 1 aromatic rings. The predicted octanol–water partition coefficient (Wildman–Crippen LogP) is 2.57. The summed E-state index contributed by atoms with van der Waals surface area (Å²) in [6.45, 7) is 1.99. The molecule has 1 unspecified atom stereocenters. The van der Waals surface area contributed by atoms with Gasteiger partial charge in [0.1, 0.15) is 5.41 Å². The number of rotatable bonds is 5. The Morgan fingerprint density at radius 3 is 2.67 bits per heavy atom. The normalized spacial score (nSPS) is 18.7. The Labute approximate surface area is 110 Å². The molecule has 1 atom stereocenters. The van der Waals surface area contributed by atoms with Crippen molar-refractivity contribution in [3.8, 4) is 0 Å². The fraction of sp³-hybridized carbons (Fsp3) is 0.538. The van der Waals surface area contributed by atoms with E-state index in [1.54, 1.807) is 11.3 Å². The molecule has 1 fully saturated rings. The van der Waals surface area contributed by atoms with Crippen molar-refractivity contribution in [2.24, 2.45) is 5.41 Å². The Kier molecular flexibility index (Phi) is 3.71. The van der Waals surface area contributed by atoms with Gasteiger partial charge in [-0.1, -0.05) is 19.4 Å². The van der Waals surface area contributed by atoms with Crippen molar-refractivity contribution in [3.05, 3.63) is 22.4 Å². The van der Waals surface area contributed by atoms with Gasteiger partial charge in [-0.25, -0.2) is 0 Å². The zero-order chi connectivity index (χ0) is 13.2. The van der Waals surface area contributed by atoms with Crippen LogP contribution in [-0.2, 0) is 9.59 Å². The molecule has 1 heterocycles. The maximum absolute atomic E-state index is 12.2. The third-order valence-electron chi connectivity index (χ3n) is 3.65.